The van der Waals surface area contributed by atoms with Gasteiger partial charge in [-0.15, -0.1) is 0 Å². The van der Waals surface area contributed by atoms with Crippen molar-refractivity contribution in [3.05, 3.63) is 0 Å². The molecule has 1 saturated heterocycles. The minimum Gasteiger partial charge on any atom is -0.394 e. The number of hydrogen-bond donors (Lipinski definition) is 4. The summed E-state index contributed by atoms with van der Waals surface area (Å²) >= 11 is 0. The SMILES string of the molecule is CCCCOC1O[C@H](CO)[C@@H](O)[C@H](O)[C@H]1NC(C)=O. The Morgan fingerprint density at radius 3 is 2.58 bits per heavy atom. The Morgan fingerprint density at radius 2 is 2.05 bits per heavy atom. The average molecular weight is 277 g/mol. The van der Waals surface area contributed by atoms with Crippen LogP contribution in [0, 0.1) is 0 Å². The van der Waals surface area contributed by atoms with Gasteiger partial charge in [0, 0.05) is 13.5 Å². The Kier molecular flexibility index (Phi) is 6.67. The molecule has 7 heteroatoms. The zero-order valence-corrected chi connectivity index (χ0v) is 11.3. The van der Waals surface area contributed by atoms with Crippen LogP contribution in [0.2, 0.25) is 0 Å². The van der Waals surface area contributed by atoms with Gasteiger partial charge in [-0.05, 0) is 6.42 Å². The van der Waals surface area contributed by atoms with Gasteiger partial charge in [-0.25, -0.2) is 0 Å². The first-order chi connectivity index (χ1) is 9.01. The zero-order chi connectivity index (χ0) is 14.4. The Hall–Kier alpha value is -0.730. The van der Waals surface area contributed by atoms with Crippen molar-refractivity contribution in [2.45, 2.75) is 57.3 Å². The molecule has 4 N–H and O–H groups in total. The molecule has 7 nitrogen and oxygen atoms in total. The first-order valence-electron chi connectivity index (χ1n) is 6.52. The number of amides is 1. The summed E-state index contributed by atoms with van der Waals surface area (Å²) in [6.07, 6.45) is -2.58. The van der Waals surface area contributed by atoms with Crippen LogP contribution in [-0.4, -0.2) is 65.1 Å². The topological polar surface area (TPSA) is 108 Å². The third-order valence-electron chi connectivity index (χ3n) is 3.03. The van der Waals surface area contributed by atoms with Crippen molar-refractivity contribution in [3.8, 4) is 0 Å². The molecule has 1 unspecified atom stereocenters. The molecule has 0 saturated carbocycles. The predicted octanol–water partition coefficient (Wildman–Crippen LogP) is -1.25. The number of ether oxygens (including phenoxy) is 2. The van der Waals surface area contributed by atoms with E-state index in [1.165, 1.54) is 6.92 Å². The number of aliphatic hydroxyl groups excluding tert-OH is 3. The number of carbonyl (C=O) groups excluding carboxylic acids is 1. The fourth-order valence-electron chi connectivity index (χ4n) is 1.96. The zero-order valence-electron chi connectivity index (χ0n) is 11.3. The van der Waals surface area contributed by atoms with Crippen LogP contribution in [0.5, 0.6) is 0 Å². The fourth-order valence-corrected chi connectivity index (χ4v) is 1.96. The number of nitrogens with one attached hydrogen (secondary N) is 1. The summed E-state index contributed by atoms with van der Waals surface area (Å²) in [6.45, 7) is 3.29. The molecular formula is C12H23NO6. The highest BCUT2D eigenvalue weighted by molar-refractivity contribution is 5.73. The summed E-state index contributed by atoms with van der Waals surface area (Å²) in [7, 11) is 0. The lowest BCUT2D eigenvalue weighted by Gasteiger charge is -2.42. The lowest BCUT2D eigenvalue weighted by molar-refractivity contribution is -0.270. The monoisotopic (exact) mass is 277 g/mol. The Bertz CT molecular complexity index is 287. The van der Waals surface area contributed by atoms with Gasteiger partial charge in [0.1, 0.15) is 24.4 Å². The van der Waals surface area contributed by atoms with Crippen LogP contribution < -0.4 is 5.32 Å². The van der Waals surface area contributed by atoms with Gasteiger partial charge in [-0.2, -0.15) is 0 Å². The van der Waals surface area contributed by atoms with E-state index in [-0.39, 0.29) is 5.91 Å². The molecule has 0 aromatic carbocycles. The van der Waals surface area contributed by atoms with E-state index in [1.807, 2.05) is 6.92 Å². The van der Waals surface area contributed by atoms with Crippen molar-refractivity contribution in [1.82, 2.24) is 5.32 Å². The summed E-state index contributed by atoms with van der Waals surface area (Å²) in [5.41, 5.74) is 0. The standard InChI is InChI=1S/C12H23NO6/c1-3-4-5-18-12-9(13-7(2)15)11(17)10(16)8(6-14)19-12/h8-12,14,16-17H,3-6H2,1-2H3,(H,13,15)/t8-,9-,10-,11-,12?/m1/s1. The van der Waals surface area contributed by atoms with Crippen LogP contribution in [0.3, 0.4) is 0 Å². The number of aliphatic hydroxyl groups is 3. The van der Waals surface area contributed by atoms with Crippen LogP contribution >= 0.6 is 0 Å². The second-order valence-corrected chi connectivity index (χ2v) is 4.66. The van der Waals surface area contributed by atoms with Gasteiger partial charge >= 0.3 is 0 Å². The van der Waals surface area contributed by atoms with E-state index in [4.69, 9.17) is 14.6 Å². The first-order valence-corrected chi connectivity index (χ1v) is 6.52. The largest absolute Gasteiger partial charge is 0.394 e. The van der Waals surface area contributed by atoms with Gasteiger partial charge in [0.25, 0.3) is 0 Å². The quantitative estimate of drug-likeness (QED) is 0.452. The van der Waals surface area contributed by atoms with Crippen LogP contribution in [0.15, 0.2) is 0 Å². The highest BCUT2D eigenvalue weighted by Gasteiger charge is 2.45. The van der Waals surface area contributed by atoms with Crippen molar-refractivity contribution in [2.75, 3.05) is 13.2 Å². The van der Waals surface area contributed by atoms with Crippen molar-refractivity contribution >= 4 is 5.91 Å². The average Bonchev–Trinajstić information content (AvgIpc) is 2.37. The number of unbranched alkanes of at least 4 members (excludes halogenated alkanes) is 1. The highest BCUT2D eigenvalue weighted by Crippen LogP contribution is 2.22. The second-order valence-electron chi connectivity index (χ2n) is 4.66. The summed E-state index contributed by atoms with van der Waals surface area (Å²) in [5.74, 6) is -0.355. The minimum absolute atomic E-state index is 0.355. The molecule has 1 heterocycles. The molecule has 1 aliphatic heterocycles. The third kappa shape index (κ3) is 4.39. The molecule has 5 atom stereocenters. The van der Waals surface area contributed by atoms with E-state index < -0.39 is 37.3 Å². The normalized spacial score (nSPS) is 35.1. The molecule has 19 heavy (non-hydrogen) atoms. The van der Waals surface area contributed by atoms with Gasteiger partial charge in [-0.3, -0.25) is 4.79 Å². The molecule has 0 bridgehead atoms. The van der Waals surface area contributed by atoms with Crippen molar-refractivity contribution < 1.29 is 29.6 Å². The van der Waals surface area contributed by atoms with E-state index in [0.717, 1.165) is 12.8 Å². The van der Waals surface area contributed by atoms with E-state index in [1.54, 1.807) is 0 Å². The van der Waals surface area contributed by atoms with Gasteiger partial charge in [-0.1, -0.05) is 13.3 Å². The van der Waals surface area contributed by atoms with Crippen LogP contribution in [0.25, 0.3) is 0 Å². The van der Waals surface area contributed by atoms with Gasteiger partial charge in [0.15, 0.2) is 6.29 Å². The van der Waals surface area contributed by atoms with E-state index in [2.05, 4.69) is 5.32 Å². The molecule has 1 rings (SSSR count). The summed E-state index contributed by atoms with van der Waals surface area (Å²) in [4.78, 5) is 11.1. The molecule has 1 fully saturated rings. The van der Waals surface area contributed by atoms with Crippen molar-refractivity contribution in [1.29, 1.82) is 0 Å². The van der Waals surface area contributed by atoms with Crippen molar-refractivity contribution in [2.24, 2.45) is 0 Å². The third-order valence-corrected chi connectivity index (χ3v) is 3.03. The predicted molar refractivity (Wildman–Crippen MR) is 66.2 cm³/mol. The first kappa shape index (κ1) is 16.3. The fraction of sp³-hybridized carbons (Fsp3) is 0.917. The highest BCUT2D eigenvalue weighted by atomic mass is 16.7. The van der Waals surface area contributed by atoms with E-state index in [0.29, 0.717) is 6.61 Å². The van der Waals surface area contributed by atoms with Gasteiger partial charge in [0.2, 0.25) is 5.91 Å². The number of hydrogen-bond acceptors (Lipinski definition) is 6. The number of rotatable bonds is 6. The maximum absolute atomic E-state index is 11.1. The molecule has 0 aliphatic carbocycles. The maximum Gasteiger partial charge on any atom is 0.217 e. The van der Waals surface area contributed by atoms with Crippen LogP contribution in [-0.2, 0) is 14.3 Å². The molecule has 1 amide bonds. The summed E-state index contributed by atoms with van der Waals surface area (Å²) in [5, 5.41) is 31.3. The molecule has 0 aromatic rings. The molecule has 0 spiro atoms. The minimum atomic E-state index is -1.27. The van der Waals surface area contributed by atoms with Gasteiger partial charge < -0.3 is 30.1 Å². The van der Waals surface area contributed by atoms with Gasteiger partial charge in [0.05, 0.1) is 6.61 Å². The summed E-state index contributed by atoms with van der Waals surface area (Å²) < 4.78 is 10.8. The second kappa shape index (κ2) is 7.76. The molecular weight excluding hydrogens is 254 g/mol. The molecule has 0 aromatic heterocycles. The van der Waals surface area contributed by atoms with Crippen LogP contribution in [0.1, 0.15) is 26.7 Å². The van der Waals surface area contributed by atoms with E-state index in [9.17, 15) is 15.0 Å². The number of carbonyl (C=O) groups is 1. The smallest absolute Gasteiger partial charge is 0.217 e. The molecule has 112 valence electrons. The van der Waals surface area contributed by atoms with E-state index >= 15 is 0 Å². The van der Waals surface area contributed by atoms with Crippen molar-refractivity contribution in [3.63, 3.8) is 0 Å². The Labute approximate surface area is 112 Å². The van der Waals surface area contributed by atoms with Crippen LogP contribution in [0.4, 0.5) is 0 Å². The maximum atomic E-state index is 11.1. The molecule has 0 radical (unpaired) electrons. The lowest BCUT2D eigenvalue weighted by Crippen LogP contribution is -2.64. The lowest BCUT2D eigenvalue weighted by atomic mass is 9.97. The molecule has 1 aliphatic rings. The summed E-state index contributed by atoms with van der Waals surface area (Å²) in [6, 6.07) is -0.854. The Balaban J connectivity index is 2.71. The Morgan fingerprint density at radius 1 is 1.37 bits per heavy atom.